The van der Waals surface area contributed by atoms with Gasteiger partial charge in [0.15, 0.2) is 0 Å². The number of rotatable bonds is 4. The van der Waals surface area contributed by atoms with Crippen molar-refractivity contribution in [2.75, 3.05) is 31.2 Å². The highest BCUT2D eigenvalue weighted by molar-refractivity contribution is 7.99. The largest absolute Gasteiger partial charge is 0.375 e. The van der Waals surface area contributed by atoms with Gasteiger partial charge in [-0.2, -0.15) is 11.8 Å². The van der Waals surface area contributed by atoms with Gasteiger partial charge >= 0.3 is 0 Å². The molecule has 1 N–H and O–H groups in total. The standard InChI is InChI=1S/C18H33NOS/c1-2-19-14-16-5-3-4-6-17(16)15-7-10-20-18(13-15)8-11-21-12-9-18/h15-17,19H,2-14H2,1H3. The molecule has 3 atom stereocenters. The topological polar surface area (TPSA) is 21.3 Å². The minimum absolute atomic E-state index is 0.272. The molecule has 0 bridgehead atoms. The first kappa shape index (κ1) is 16.1. The molecular weight excluding hydrogens is 278 g/mol. The van der Waals surface area contributed by atoms with Crippen LogP contribution in [0.1, 0.15) is 58.3 Å². The van der Waals surface area contributed by atoms with Gasteiger partial charge in [0.2, 0.25) is 0 Å². The molecule has 21 heavy (non-hydrogen) atoms. The van der Waals surface area contributed by atoms with Crippen molar-refractivity contribution in [3.63, 3.8) is 0 Å². The summed E-state index contributed by atoms with van der Waals surface area (Å²) >= 11 is 2.12. The Labute approximate surface area is 135 Å². The average Bonchev–Trinajstić information content (AvgIpc) is 2.54. The SMILES string of the molecule is CCNCC1CCCCC1C1CCOC2(CCSCC2)C1. The van der Waals surface area contributed by atoms with Crippen LogP contribution in [0.15, 0.2) is 0 Å². The number of nitrogens with one attached hydrogen (secondary N) is 1. The van der Waals surface area contributed by atoms with Gasteiger partial charge in [0.05, 0.1) is 5.60 Å². The quantitative estimate of drug-likeness (QED) is 0.845. The van der Waals surface area contributed by atoms with Crippen LogP contribution in [-0.4, -0.2) is 36.8 Å². The lowest BCUT2D eigenvalue weighted by Gasteiger charge is -2.47. The van der Waals surface area contributed by atoms with Gasteiger partial charge in [-0.25, -0.2) is 0 Å². The average molecular weight is 312 g/mol. The highest BCUT2D eigenvalue weighted by atomic mass is 32.2. The van der Waals surface area contributed by atoms with E-state index in [0.717, 1.165) is 30.9 Å². The first-order chi connectivity index (χ1) is 10.3. The van der Waals surface area contributed by atoms with Crippen LogP contribution in [-0.2, 0) is 4.74 Å². The van der Waals surface area contributed by atoms with Crippen LogP contribution in [0.3, 0.4) is 0 Å². The van der Waals surface area contributed by atoms with E-state index in [4.69, 9.17) is 4.74 Å². The molecule has 0 amide bonds. The molecule has 2 saturated heterocycles. The van der Waals surface area contributed by atoms with E-state index in [1.54, 1.807) is 0 Å². The van der Waals surface area contributed by atoms with Crippen molar-refractivity contribution in [3.8, 4) is 0 Å². The zero-order valence-electron chi connectivity index (χ0n) is 13.7. The fourth-order valence-electron chi connectivity index (χ4n) is 4.96. The van der Waals surface area contributed by atoms with Crippen molar-refractivity contribution < 1.29 is 4.74 Å². The van der Waals surface area contributed by atoms with Gasteiger partial charge in [-0.3, -0.25) is 0 Å². The lowest BCUT2D eigenvalue weighted by Crippen LogP contribution is -2.46. The van der Waals surface area contributed by atoms with Crippen LogP contribution in [0, 0.1) is 17.8 Å². The maximum Gasteiger partial charge on any atom is 0.0701 e. The summed E-state index contributed by atoms with van der Waals surface area (Å²) < 4.78 is 6.31. The van der Waals surface area contributed by atoms with E-state index < -0.39 is 0 Å². The molecule has 1 saturated carbocycles. The Hall–Kier alpha value is 0.270. The van der Waals surface area contributed by atoms with Gasteiger partial charge in [0, 0.05) is 6.61 Å². The van der Waals surface area contributed by atoms with Crippen molar-refractivity contribution in [1.82, 2.24) is 5.32 Å². The Morgan fingerprint density at radius 2 is 1.95 bits per heavy atom. The summed E-state index contributed by atoms with van der Waals surface area (Å²) in [6, 6.07) is 0. The summed E-state index contributed by atoms with van der Waals surface area (Å²) in [6.45, 7) is 5.64. The summed E-state index contributed by atoms with van der Waals surface area (Å²) in [5, 5.41) is 3.62. The van der Waals surface area contributed by atoms with Gasteiger partial charge < -0.3 is 10.1 Å². The molecule has 1 aliphatic carbocycles. The maximum absolute atomic E-state index is 6.31. The third-order valence-corrected chi connectivity index (χ3v) is 7.15. The van der Waals surface area contributed by atoms with E-state index in [0.29, 0.717) is 0 Å². The molecule has 0 aromatic heterocycles. The van der Waals surface area contributed by atoms with Crippen molar-refractivity contribution in [2.45, 2.75) is 63.9 Å². The Bertz CT molecular complexity index is 311. The summed E-state index contributed by atoms with van der Waals surface area (Å²) in [6.07, 6.45) is 11.1. The summed E-state index contributed by atoms with van der Waals surface area (Å²) in [4.78, 5) is 0. The van der Waals surface area contributed by atoms with Crippen molar-refractivity contribution in [3.05, 3.63) is 0 Å². The predicted octanol–water partition coefficient (Wildman–Crippen LogP) is 4.09. The number of hydrogen-bond acceptors (Lipinski definition) is 3. The second-order valence-corrected chi connectivity index (χ2v) is 8.64. The van der Waals surface area contributed by atoms with E-state index in [1.807, 2.05) is 0 Å². The molecule has 122 valence electrons. The van der Waals surface area contributed by atoms with Crippen LogP contribution in [0.25, 0.3) is 0 Å². The normalized spacial score (nSPS) is 36.7. The highest BCUT2D eigenvalue weighted by Gasteiger charge is 2.42. The Morgan fingerprint density at radius 3 is 2.76 bits per heavy atom. The number of ether oxygens (including phenoxy) is 1. The molecule has 3 aliphatic rings. The van der Waals surface area contributed by atoms with Gasteiger partial charge in [0.25, 0.3) is 0 Å². The molecule has 0 aromatic carbocycles. The minimum Gasteiger partial charge on any atom is -0.375 e. The summed E-state index contributed by atoms with van der Waals surface area (Å²) in [5.74, 6) is 5.46. The minimum atomic E-state index is 0.272. The smallest absolute Gasteiger partial charge is 0.0701 e. The van der Waals surface area contributed by atoms with Crippen molar-refractivity contribution in [2.24, 2.45) is 17.8 Å². The second-order valence-electron chi connectivity index (χ2n) is 7.41. The number of thioether (sulfide) groups is 1. The molecule has 3 unspecified atom stereocenters. The molecule has 2 aliphatic heterocycles. The highest BCUT2D eigenvalue weighted by Crippen LogP contribution is 2.46. The van der Waals surface area contributed by atoms with Gasteiger partial charge in [0.1, 0.15) is 0 Å². The fourth-order valence-corrected chi connectivity index (χ4v) is 6.20. The van der Waals surface area contributed by atoms with E-state index in [-0.39, 0.29) is 5.60 Å². The lowest BCUT2D eigenvalue weighted by molar-refractivity contribution is -0.117. The molecule has 3 rings (SSSR count). The van der Waals surface area contributed by atoms with E-state index in [2.05, 4.69) is 24.0 Å². The van der Waals surface area contributed by atoms with Gasteiger partial charge in [-0.15, -0.1) is 0 Å². The Kier molecular flexibility index (Phi) is 5.92. The van der Waals surface area contributed by atoms with Crippen molar-refractivity contribution in [1.29, 1.82) is 0 Å². The monoisotopic (exact) mass is 311 g/mol. The molecular formula is C18H33NOS. The van der Waals surface area contributed by atoms with E-state index in [1.165, 1.54) is 69.4 Å². The van der Waals surface area contributed by atoms with Crippen LogP contribution in [0.2, 0.25) is 0 Å². The molecule has 2 heterocycles. The zero-order chi connectivity index (χ0) is 14.5. The third-order valence-electron chi connectivity index (χ3n) is 6.17. The maximum atomic E-state index is 6.31. The van der Waals surface area contributed by atoms with Crippen molar-refractivity contribution >= 4 is 11.8 Å². The zero-order valence-corrected chi connectivity index (χ0v) is 14.6. The first-order valence-electron chi connectivity index (χ1n) is 9.25. The molecule has 2 nitrogen and oxygen atoms in total. The van der Waals surface area contributed by atoms with E-state index in [9.17, 15) is 0 Å². The molecule has 1 spiro atoms. The summed E-state index contributed by atoms with van der Waals surface area (Å²) in [7, 11) is 0. The second kappa shape index (κ2) is 7.70. The fraction of sp³-hybridized carbons (Fsp3) is 1.00. The summed E-state index contributed by atoms with van der Waals surface area (Å²) in [5.41, 5.74) is 0.272. The molecule has 3 fully saturated rings. The van der Waals surface area contributed by atoms with Crippen LogP contribution in [0.5, 0.6) is 0 Å². The Balaban J connectivity index is 1.63. The third kappa shape index (κ3) is 3.97. The van der Waals surface area contributed by atoms with Crippen LogP contribution < -0.4 is 5.32 Å². The lowest BCUT2D eigenvalue weighted by atomic mass is 9.67. The molecule has 3 heteroatoms. The Morgan fingerprint density at radius 1 is 1.14 bits per heavy atom. The predicted molar refractivity (Wildman–Crippen MR) is 92.0 cm³/mol. The van der Waals surface area contributed by atoms with Crippen LogP contribution in [0.4, 0.5) is 0 Å². The first-order valence-corrected chi connectivity index (χ1v) is 10.4. The molecule has 0 radical (unpaired) electrons. The van der Waals surface area contributed by atoms with Gasteiger partial charge in [-0.05, 0) is 80.9 Å². The number of hydrogen-bond donors (Lipinski definition) is 1. The van der Waals surface area contributed by atoms with E-state index >= 15 is 0 Å². The molecule has 0 aromatic rings. The van der Waals surface area contributed by atoms with Crippen LogP contribution >= 0.6 is 11.8 Å². The van der Waals surface area contributed by atoms with Gasteiger partial charge in [-0.1, -0.05) is 19.8 Å².